The molecule has 1 amide bonds. The smallest absolute Gasteiger partial charge is 0.279 e. The van der Waals surface area contributed by atoms with Gasteiger partial charge in [-0.2, -0.15) is 0 Å². The number of carbonyl (C=O) groups is 1. The van der Waals surface area contributed by atoms with Crippen LogP contribution in [0.15, 0.2) is 18.2 Å². The van der Waals surface area contributed by atoms with Gasteiger partial charge in [-0.25, -0.2) is 0 Å². The van der Waals surface area contributed by atoms with Gasteiger partial charge in [-0.05, 0) is 24.6 Å². The Hall–Kier alpha value is -1.06. The Balaban J connectivity index is 2.73. The Kier molecular flexibility index (Phi) is 4.12. The van der Waals surface area contributed by atoms with E-state index in [1.807, 2.05) is 39.2 Å². The largest absolute Gasteiger partial charge is 0.332 e. The maximum Gasteiger partial charge on any atom is 0.279 e. The van der Waals surface area contributed by atoms with Crippen molar-refractivity contribution >= 4 is 23.2 Å². The van der Waals surface area contributed by atoms with Crippen LogP contribution < -0.4 is 10.2 Å². The summed E-state index contributed by atoms with van der Waals surface area (Å²) in [6, 6.07) is 5.49. The number of hydrogen-bond acceptors (Lipinski definition) is 1. The summed E-state index contributed by atoms with van der Waals surface area (Å²) in [5, 5.41) is 3.51. The lowest BCUT2D eigenvalue weighted by atomic mass is 10.2. The highest BCUT2D eigenvalue weighted by molar-refractivity contribution is 6.31. The van der Waals surface area contributed by atoms with Gasteiger partial charge >= 0.3 is 0 Å². The van der Waals surface area contributed by atoms with Gasteiger partial charge in [0.2, 0.25) is 0 Å². The fourth-order valence-corrected chi connectivity index (χ4v) is 1.43. The number of halogens is 1. The van der Waals surface area contributed by atoms with Crippen LogP contribution in [0.25, 0.3) is 0 Å². The average Bonchev–Trinajstić information content (AvgIpc) is 2.11. The first kappa shape index (κ1) is 12.0. The second kappa shape index (κ2) is 5.14. The minimum absolute atomic E-state index is 0.000340. The van der Waals surface area contributed by atoms with E-state index in [0.717, 1.165) is 16.2 Å². The van der Waals surface area contributed by atoms with E-state index in [-0.39, 0.29) is 5.91 Å². The van der Waals surface area contributed by atoms with Gasteiger partial charge in [-0.1, -0.05) is 17.7 Å². The van der Waals surface area contributed by atoms with E-state index < -0.39 is 0 Å². The number of anilines is 1. The van der Waals surface area contributed by atoms with Crippen LogP contribution in [0.5, 0.6) is 0 Å². The van der Waals surface area contributed by atoms with Gasteiger partial charge in [0, 0.05) is 10.7 Å². The minimum Gasteiger partial charge on any atom is -0.332 e. The summed E-state index contributed by atoms with van der Waals surface area (Å²) in [7, 11) is 3.87. The van der Waals surface area contributed by atoms with Gasteiger partial charge in [0.1, 0.15) is 0 Å². The first-order valence-corrected chi connectivity index (χ1v) is 5.22. The van der Waals surface area contributed by atoms with Gasteiger partial charge in [-0.15, -0.1) is 0 Å². The van der Waals surface area contributed by atoms with E-state index in [2.05, 4.69) is 5.32 Å². The summed E-state index contributed by atoms with van der Waals surface area (Å²) in [6.07, 6.45) is 0. The Bertz CT molecular complexity index is 364. The molecule has 0 aromatic heterocycles. The van der Waals surface area contributed by atoms with Crippen molar-refractivity contribution in [2.75, 3.05) is 26.0 Å². The van der Waals surface area contributed by atoms with Crippen molar-refractivity contribution < 1.29 is 9.69 Å². The van der Waals surface area contributed by atoms with E-state index in [9.17, 15) is 4.79 Å². The molecule has 0 aliphatic heterocycles. The quantitative estimate of drug-likeness (QED) is 0.785. The highest BCUT2D eigenvalue weighted by Gasteiger charge is 2.08. The predicted octanol–water partition coefficient (Wildman–Crippen LogP) is 0.731. The third-order valence-corrected chi connectivity index (χ3v) is 2.47. The van der Waals surface area contributed by atoms with Gasteiger partial charge in [-0.3, -0.25) is 4.79 Å². The third-order valence-electron chi connectivity index (χ3n) is 2.06. The summed E-state index contributed by atoms with van der Waals surface area (Å²) in [4.78, 5) is 12.6. The van der Waals surface area contributed by atoms with Crippen molar-refractivity contribution in [3.8, 4) is 0 Å². The SMILES string of the molecule is Cc1c(Cl)cccc1NC(=O)C[NH+](C)C. The van der Waals surface area contributed by atoms with Crippen molar-refractivity contribution in [2.24, 2.45) is 0 Å². The number of carbonyl (C=O) groups excluding carboxylic acids is 1. The minimum atomic E-state index is 0.000340. The molecule has 4 heteroatoms. The van der Waals surface area contributed by atoms with Crippen molar-refractivity contribution in [1.29, 1.82) is 0 Å². The Morgan fingerprint density at radius 2 is 2.13 bits per heavy atom. The summed E-state index contributed by atoms with van der Waals surface area (Å²) in [6.45, 7) is 2.34. The number of rotatable bonds is 3. The molecule has 1 aromatic carbocycles. The van der Waals surface area contributed by atoms with Crippen LogP contribution in [0, 0.1) is 6.92 Å². The molecule has 2 N–H and O–H groups in total. The maximum absolute atomic E-state index is 11.5. The fraction of sp³-hybridized carbons (Fsp3) is 0.364. The summed E-state index contributed by atoms with van der Waals surface area (Å²) < 4.78 is 0. The second-order valence-corrected chi connectivity index (χ2v) is 4.25. The lowest BCUT2D eigenvalue weighted by Gasteiger charge is -2.10. The van der Waals surface area contributed by atoms with Gasteiger partial charge in [0.25, 0.3) is 5.91 Å². The third kappa shape index (κ3) is 3.53. The monoisotopic (exact) mass is 227 g/mol. The number of hydrogen-bond donors (Lipinski definition) is 2. The molecule has 0 radical (unpaired) electrons. The zero-order valence-corrected chi connectivity index (χ0v) is 9.98. The summed E-state index contributed by atoms with van der Waals surface area (Å²) in [5.41, 5.74) is 1.69. The molecule has 0 fully saturated rings. The lowest BCUT2D eigenvalue weighted by Crippen LogP contribution is -3.06. The van der Waals surface area contributed by atoms with Gasteiger partial charge < -0.3 is 10.2 Å². The molecule has 0 saturated carbocycles. The van der Waals surface area contributed by atoms with Gasteiger partial charge in [0.05, 0.1) is 14.1 Å². The van der Waals surface area contributed by atoms with Crippen LogP contribution >= 0.6 is 11.6 Å². The molecule has 0 atom stereocenters. The Morgan fingerprint density at radius 3 is 2.73 bits per heavy atom. The molecule has 0 heterocycles. The number of nitrogens with one attached hydrogen (secondary N) is 2. The Labute approximate surface area is 95.0 Å². The normalized spacial score (nSPS) is 10.5. The van der Waals surface area contributed by atoms with Crippen LogP contribution in [0.1, 0.15) is 5.56 Å². The highest BCUT2D eigenvalue weighted by atomic mass is 35.5. The molecular formula is C11H16ClN2O+. The van der Waals surface area contributed by atoms with E-state index in [1.165, 1.54) is 0 Å². The zero-order valence-electron chi connectivity index (χ0n) is 9.23. The molecule has 1 rings (SSSR count). The topological polar surface area (TPSA) is 33.5 Å². The van der Waals surface area contributed by atoms with Crippen molar-refractivity contribution in [3.05, 3.63) is 28.8 Å². The van der Waals surface area contributed by atoms with Crippen molar-refractivity contribution in [2.45, 2.75) is 6.92 Å². The summed E-state index contributed by atoms with van der Waals surface area (Å²) >= 11 is 5.95. The standard InChI is InChI=1S/C11H15ClN2O/c1-8-9(12)5-4-6-10(8)13-11(15)7-14(2)3/h4-6H,7H2,1-3H3,(H,13,15)/p+1. The molecular weight excluding hydrogens is 212 g/mol. The molecule has 3 nitrogen and oxygen atoms in total. The molecule has 0 aliphatic carbocycles. The van der Waals surface area contributed by atoms with Crippen molar-refractivity contribution in [1.82, 2.24) is 0 Å². The van der Waals surface area contributed by atoms with Crippen LogP contribution in [-0.2, 0) is 4.79 Å². The average molecular weight is 228 g/mol. The number of likely N-dealkylation sites (N-methyl/N-ethyl adjacent to an activating group) is 1. The van der Waals surface area contributed by atoms with Crippen LogP contribution in [0.4, 0.5) is 5.69 Å². The first-order valence-electron chi connectivity index (χ1n) is 4.84. The molecule has 0 saturated heterocycles. The van der Waals surface area contributed by atoms with Gasteiger partial charge in [0.15, 0.2) is 6.54 Å². The highest BCUT2D eigenvalue weighted by Crippen LogP contribution is 2.22. The molecule has 1 aromatic rings. The molecule has 0 unspecified atom stereocenters. The maximum atomic E-state index is 11.5. The fourth-order valence-electron chi connectivity index (χ4n) is 1.26. The van der Waals surface area contributed by atoms with E-state index in [1.54, 1.807) is 0 Å². The molecule has 0 aliphatic rings. The first-order chi connectivity index (χ1) is 7.00. The number of benzene rings is 1. The zero-order chi connectivity index (χ0) is 11.4. The Morgan fingerprint density at radius 1 is 1.47 bits per heavy atom. The molecule has 15 heavy (non-hydrogen) atoms. The van der Waals surface area contributed by atoms with E-state index in [0.29, 0.717) is 11.6 Å². The lowest BCUT2D eigenvalue weighted by molar-refractivity contribution is -0.849. The second-order valence-electron chi connectivity index (χ2n) is 3.84. The molecule has 0 bridgehead atoms. The molecule has 0 spiro atoms. The molecule has 82 valence electrons. The predicted molar refractivity (Wildman–Crippen MR) is 62.5 cm³/mol. The van der Waals surface area contributed by atoms with E-state index in [4.69, 9.17) is 11.6 Å². The number of quaternary nitrogens is 1. The van der Waals surface area contributed by atoms with Crippen LogP contribution in [0.2, 0.25) is 5.02 Å². The van der Waals surface area contributed by atoms with Crippen LogP contribution in [-0.4, -0.2) is 26.5 Å². The number of amides is 1. The summed E-state index contributed by atoms with van der Waals surface area (Å²) in [5.74, 6) is 0.000340. The van der Waals surface area contributed by atoms with Crippen molar-refractivity contribution in [3.63, 3.8) is 0 Å². The van der Waals surface area contributed by atoms with Crippen LogP contribution in [0.3, 0.4) is 0 Å². The van der Waals surface area contributed by atoms with E-state index >= 15 is 0 Å².